The number of aryl methyl sites for hydroxylation is 1. The summed E-state index contributed by atoms with van der Waals surface area (Å²) in [6.45, 7) is 0.901. The molecule has 0 amide bonds. The number of aromatic nitrogens is 2. The fraction of sp³-hybridized carbons (Fsp3) is 0.333. The number of hydrogen-bond donors (Lipinski definition) is 1. The van der Waals surface area contributed by atoms with Crippen molar-refractivity contribution in [1.29, 1.82) is 0 Å². The van der Waals surface area contributed by atoms with Gasteiger partial charge in [0.25, 0.3) is 0 Å². The maximum absolute atomic E-state index is 13.0. The van der Waals surface area contributed by atoms with Crippen LogP contribution in [-0.4, -0.2) is 23.7 Å². The van der Waals surface area contributed by atoms with Crippen molar-refractivity contribution in [3.63, 3.8) is 0 Å². The molecule has 0 fully saturated rings. The van der Waals surface area contributed by atoms with E-state index in [1.807, 2.05) is 7.05 Å². The highest BCUT2D eigenvalue weighted by atomic mass is 79.9. The van der Waals surface area contributed by atoms with Crippen LogP contribution < -0.4 is 5.32 Å². The van der Waals surface area contributed by atoms with E-state index in [0.717, 1.165) is 24.9 Å². The van der Waals surface area contributed by atoms with Crippen LogP contribution in [0.1, 0.15) is 12.3 Å². The number of benzene rings is 1. The van der Waals surface area contributed by atoms with Gasteiger partial charge in [-0.05, 0) is 54.1 Å². The van der Waals surface area contributed by atoms with Crippen LogP contribution in [0.2, 0.25) is 0 Å². The Bertz CT molecular complexity index is 530. The first-order chi connectivity index (χ1) is 8.70. The summed E-state index contributed by atoms with van der Waals surface area (Å²) in [5, 5.41) is 6.95. The van der Waals surface area contributed by atoms with Gasteiger partial charge in [0, 0.05) is 16.5 Å². The monoisotopic (exact) mass is 313 g/mol. The fourth-order valence-corrected chi connectivity index (χ4v) is 2.08. The largest absolute Gasteiger partial charge is 0.339 e. The van der Waals surface area contributed by atoms with Crippen LogP contribution >= 0.6 is 15.9 Å². The van der Waals surface area contributed by atoms with E-state index in [1.54, 1.807) is 6.07 Å². The lowest BCUT2D eigenvalue weighted by atomic mass is 10.2. The summed E-state index contributed by atoms with van der Waals surface area (Å²) in [6.07, 6.45) is 1.66. The number of nitrogens with zero attached hydrogens (tertiary/aromatic N) is 2. The predicted octanol–water partition coefficient (Wildman–Crippen LogP) is 2.79. The molecule has 0 unspecified atom stereocenters. The first-order valence-electron chi connectivity index (χ1n) is 5.63. The molecule has 0 aliphatic carbocycles. The van der Waals surface area contributed by atoms with E-state index in [2.05, 4.69) is 31.4 Å². The van der Waals surface area contributed by atoms with Crippen molar-refractivity contribution in [2.75, 3.05) is 13.6 Å². The molecule has 0 aliphatic rings. The zero-order chi connectivity index (χ0) is 13.0. The topological polar surface area (TPSA) is 51.0 Å². The Hall–Kier alpha value is -1.27. The lowest BCUT2D eigenvalue weighted by Crippen LogP contribution is -2.08. The number of hydrogen-bond acceptors (Lipinski definition) is 4. The summed E-state index contributed by atoms with van der Waals surface area (Å²) in [5.74, 6) is 0.765. The molecule has 1 aromatic carbocycles. The van der Waals surface area contributed by atoms with Gasteiger partial charge < -0.3 is 9.84 Å². The van der Waals surface area contributed by atoms with Crippen LogP contribution in [0.25, 0.3) is 11.4 Å². The summed E-state index contributed by atoms with van der Waals surface area (Å²) in [5.41, 5.74) is 0.722. The molecule has 4 nitrogen and oxygen atoms in total. The lowest BCUT2D eigenvalue weighted by molar-refractivity contribution is 0.375. The van der Waals surface area contributed by atoms with Crippen LogP contribution in [0.5, 0.6) is 0 Å². The normalized spacial score (nSPS) is 10.8. The van der Waals surface area contributed by atoms with E-state index >= 15 is 0 Å². The molecular formula is C12H13BrFN3O. The number of rotatable bonds is 5. The third-order valence-corrected chi connectivity index (χ3v) is 3.11. The molecule has 0 atom stereocenters. The highest BCUT2D eigenvalue weighted by Crippen LogP contribution is 2.26. The maximum atomic E-state index is 13.0. The second-order valence-corrected chi connectivity index (χ2v) is 4.70. The summed E-state index contributed by atoms with van der Waals surface area (Å²) in [6, 6.07) is 4.38. The fourth-order valence-electron chi connectivity index (χ4n) is 1.55. The van der Waals surface area contributed by atoms with E-state index in [1.165, 1.54) is 12.1 Å². The molecule has 0 spiro atoms. The van der Waals surface area contributed by atoms with Gasteiger partial charge in [0.05, 0.1) is 0 Å². The molecule has 1 N–H and O–H groups in total. The van der Waals surface area contributed by atoms with Crippen molar-refractivity contribution < 1.29 is 8.91 Å². The molecule has 0 aliphatic heterocycles. The van der Waals surface area contributed by atoms with E-state index in [9.17, 15) is 4.39 Å². The van der Waals surface area contributed by atoms with E-state index in [-0.39, 0.29) is 5.82 Å². The summed E-state index contributed by atoms with van der Waals surface area (Å²) < 4.78 is 18.7. The standard InChI is InChI=1S/C12H13BrFN3O/c1-15-6-2-3-11-16-12(17-18-11)9-5-4-8(14)7-10(9)13/h4-5,7,15H,2-3,6H2,1H3. The third kappa shape index (κ3) is 3.14. The minimum absolute atomic E-state index is 0.302. The van der Waals surface area contributed by atoms with Crippen molar-refractivity contribution in [2.24, 2.45) is 0 Å². The van der Waals surface area contributed by atoms with Crippen molar-refractivity contribution in [2.45, 2.75) is 12.8 Å². The Morgan fingerprint density at radius 2 is 2.28 bits per heavy atom. The minimum Gasteiger partial charge on any atom is -0.339 e. The number of nitrogens with one attached hydrogen (secondary N) is 1. The molecule has 2 aromatic rings. The molecule has 1 aromatic heterocycles. The Morgan fingerprint density at radius 3 is 3.00 bits per heavy atom. The lowest BCUT2D eigenvalue weighted by Gasteiger charge is -1.98. The van der Waals surface area contributed by atoms with E-state index in [4.69, 9.17) is 4.52 Å². The van der Waals surface area contributed by atoms with Crippen LogP contribution in [0.3, 0.4) is 0 Å². The molecule has 18 heavy (non-hydrogen) atoms. The van der Waals surface area contributed by atoms with Gasteiger partial charge in [-0.3, -0.25) is 0 Å². The Kier molecular flexibility index (Phi) is 4.43. The Balaban J connectivity index is 2.13. The second-order valence-electron chi connectivity index (χ2n) is 3.84. The van der Waals surface area contributed by atoms with Crippen molar-refractivity contribution >= 4 is 15.9 Å². The predicted molar refractivity (Wildman–Crippen MR) is 69.6 cm³/mol. The SMILES string of the molecule is CNCCCc1nc(-c2ccc(F)cc2Br)no1. The van der Waals surface area contributed by atoms with Crippen molar-refractivity contribution in [1.82, 2.24) is 15.5 Å². The first kappa shape index (κ1) is 13.2. The summed E-state index contributed by atoms with van der Waals surface area (Å²) in [7, 11) is 1.90. The van der Waals surface area contributed by atoms with Gasteiger partial charge in [0.1, 0.15) is 5.82 Å². The van der Waals surface area contributed by atoms with Gasteiger partial charge in [-0.15, -0.1) is 0 Å². The van der Waals surface area contributed by atoms with Crippen LogP contribution in [-0.2, 0) is 6.42 Å². The molecule has 0 radical (unpaired) electrons. The van der Waals surface area contributed by atoms with Gasteiger partial charge in [-0.1, -0.05) is 5.16 Å². The van der Waals surface area contributed by atoms with E-state index < -0.39 is 0 Å². The zero-order valence-corrected chi connectivity index (χ0v) is 11.5. The first-order valence-corrected chi connectivity index (χ1v) is 6.42. The quantitative estimate of drug-likeness (QED) is 0.862. The van der Waals surface area contributed by atoms with Crippen LogP contribution in [0, 0.1) is 5.82 Å². The van der Waals surface area contributed by atoms with Gasteiger partial charge in [0.15, 0.2) is 0 Å². The Labute approximate surface area is 113 Å². The summed E-state index contributed by atoms with van der Waals surface area (Å²) >= 11 is 3.29. The number of halogens is 2. The average molecular weight is 314 g/mol. The highest BCUT2D eigenvalue weighted by Gasteiger charge is 2.11. The highest BCUT2D eigenvalue weighted by molar-refractivity contribution is 9.10. The minimum atomic E-state index is -0.302. The van der Waals surface area contributed by atoms with Gasteiger partial charge in [-0.25, -0.2) is 4.39 Å². The molecular weight excluding hydrogens is 301 g/mol. The third-order valence-electron chi connectivity index (χ3n) is 2.46. The van der Waals surface area contributed by atoms with Crippen LogP contribution in [0.15, 0.2) is 27.2 Å². The van der Waals surface area contributed by atoms with Crippen LogP contribution in [0.4, 0.5) is 4.39 Å². The average Bonchev–Trinajstić information content (AvgIpc) is 2.78. The van der Waals surface area contributed by atoms with E-state index in [0.29, 0.717) is 16.2 Å². The van der Waals surface area contributed by atoms with Gasteiger partial charge in [0.2, 0.25) is 11.7 Å². The smallest absolute Gasteiger partial charge is 0.227 e. The molecule has 6 heteroatoms. The van der Waals surface area contributed by atoms with Crippen molar-refractivity contribution in [3.05, 3.63) is 34.4 Å². The zero-order valence-electron chi connectivity index (χ0n) is 9.91. The molecule has 0 bridgehead atoms. The Morgan fingerprint density at radius 1 is 1.44 bits per heavy atom. The van der Waals surface area contributed by atoms with Crippen molar-refractivity contribution in [3.8, 4) is 11.4 Å². The molecule has 0 saturated carbocycles. The molecule has 96 valence electrons. The summed E-state index contributed by atoms with van der Waals surface area (Å²) in [4.78, 5) is 4.28. The molecule has 1 heterocycles. The molecule has 0 saturated heterocycles. The molecule has 2 rings (SSSR count). The van der Waals surface area contributed by atoms with Gasteiger partial charge >= 0.3 is 0 Å². The maximum Gasteiger partial charge on any atom is 0.227 e. The van der Waals surface area contributed by atoms with Gasteiger partial charge in [-0.2, -0.15) is 4.98 Å². The second kappa shape index (κ2) is 6.06.